The lowest BCUT2D eigenvalue weighted by atomic mass is 10.2. The van der Waals surface area contributed by atoms with Gasteiger partial charge in [0, 0.05) is 23.4 Å². The molecular formula is C13H11BrN2O2. The minimum atomic E-state index is -0.985. The maximum Gasteiger partial charge on any atom is 0.339 e. The Balaban J connectivity index is 2.10. The number of aromatic nitrogens is 1. The van der Waals surface area contributed by atoms with E-state index in [0.29, 0.717) is 12.2 Å². The second kappa shape index (κ2) is 5.64. The van der Waals surface area contributed by atoms with Crippen LogP contribution in [0.2, 0.25) is 0 Å². The third-order valence-corrected chi connectivity index (χ3v) is 2.98. The monoisotopic (exact) mass is 306 g/mol. The first-order chi connectivity index (χ1) is 8.66. The molecule has 92 valence electrons. The number of carboxylic acids is 1. The number of halogens is 1. The molecule has 0 aliphatic rings. The Morgan fingerprint density at radius 1 is 1.28 bits per heavy atom. The number of carboxylic acid groups (broad SMARTS) is 1. The summed E-state index contributed by atoms with van der Waals surface area (Å²) < 4.78 is 1.02. The summed E-state index contributed by atoms with van der Waals surface area (Å²) in [6, 6.07) is 9.49. The van der Waals surface area contributed by atoms with Crippen molar-refractivity contribution in [3.63, 3.8) is 0 Å². The molecule has 1 aromatic carbocycles. The Morgan fingerprint density at radius 3 is 2.67 bits per heavy atom. The SMILES string of the molecule is O=C(O)c1cnccc1NCc1ccc(Br)cc1. The van der Waals surface area contributed by atoms with Crippen LogP contribution in [0.15, 0.2) is 47.2 Å². The Labute approximate surface area is 113 Å². The molecule has 1 aromatic heterocycles. The smallest absolute Gasteiger partial charge is 0.339 e. The molecule has 0 unspecified atom stereocenters. The van der Waals surface area contributed by atoms with E-state index in [9.17, 15) is 4.79 Å². The van der Waals surface area contributed by atoms with Gasteiger partial charge in [0.1, 0.15) is 5.56 Å². The standard InChI is InChI=1S/C13H11BrN2O2/c14-10-3-1-9(2-4-10)7-16-12-5-6-15-8-11(12)13(17)18/h1-6,8H,7H2,(H,15,16)(H,17,18). The number of aromatic carboxylic acids is 1. The minimum absolute atomic E-state index is 0.176. The van der Waals surface area contributed by atoms with E-state index in [-0.39, 0.29) is 5.56 Å². The zero-order chi connectivity index (χ0) is 13.0. The fourth-order valence-corrected chi connectivity index (χ4v) is 1.78. The number of rotatable bonds is 4. The van der Waals surface area contributed by atoms with Crippen LogP contribution in [0.5, 0.6) is 0 Å². The van der Waals surface area contributed by atoms with Crippen molar-refractivity contribution in [3.05, 3.63) is 58.3 Å². The second-order valence-electron chi connectivity index (χ2n) is 3.71. The van der Waals surface area contributed by atoms with Gasteiger partial charge in [-0.2, -0.15) is 0 Å². The van der Waals surface area contributed by atoms with Gasteiger partial charge in [-0.05, 0) is 23.8 Å². The molecule has 0 bridgehead atoms. The minimum Gasteiger partial charge on any atom is -0.478 e. The highest BCUT2D eigenvalue weighted by atomic mass is 79.9. The van der Waals surface area contributed by atoms with Crippen LogP contribution >= 0.6 is 15.9 Å². The van der Waals surface area contributed by atoms with Crippen molar-refractivity contribution < 1.29 is 9.90 Å². The lowest BCUT2D eigenvalue weighted by Crippen LogP contribution is -2.06. The summed E-state index contributed by atoms with van der Waals surface area (Å²) in [6.45, 7) is 0.567. The van der Waals surface area contributed by atoms with Crippen LogP contribution in [0.25, 0.3) is 0 Å². The molecule has 5 heteroatoms. The summed E-state index contributed by atoms with van der Waals surface area (Å²) in [5.41, 5.74) is 1.82. The van der Waals surface area contributed by atoms with Crippen molar-refractivity contribution in [1.82, 2.24) is 4.98 Å². The van der Waals surface area contributed by atoms with E-state index in [1.165, 1.54) is 6.20 Å². The molecule has 2 rings (SSSR count). The van der Waals surface area contributed by atoms with Gasteiger partial charge in [0.25, 0.3) is 0 Å². The average molecular weight is 307 g/mol. The lowest BCUT2D eigenvalue weighted by molar-refractivity contribution is 0.0697. The Kier molecular flexibility index (Phi) is 3.94. The quantitative estimate of drug-likeness (QED) is 0.911. The second-order valence-corrected chi connectivity index (χ2v) is 4.62. The molecule has 0 radical (unpaired) electrons. The average Bonchev–Trinajstić information content (AvgIpc) is 2.38. The number of anilines is 1. The third kappa shape index (κ3) is 3.07. The third-order valence-electron chi connectivity index (χ3n) is 2.45. The van der Waals surface area contributed by atoms with E-state index in [2.05, 4.69) is 26.2 Å². The Hall–Kier alpha value is -1.88. The van der Waals surface area contributed by atoms with Crippen LogP contribution in [0, 0.1) is 0 Å². The summed E-state index contributed by atoms with van der Waals surface area (Å²) in [5.74, 6) is -0.985. The van der Waals surface area contributed by atoms with Gasteiger partial charge < -0.3 is 10.4 Å². The fraction of sp³-hybridized carbons (Fsp3) is 0.0769. The maximum absolute atomic E-state index is 11.0. The molecule has 1 heterocycles. The fourth-order valence-electron chi connectivity index (χ4n) is 1.52. The molecule has 0 spiro atoms. The summed E-state index contributed by atoms with van der Waals surface area (Å²) in [7, 11) is 0. The van der Waals surface area contributed by atoms with Crippen molar-refractivity contribution in [2.24, 2.45) is 0 Å². The molecule has 0 amide bonds. The van der Waals surface area contributed by atoms with Gasteiger partial charge in [0.2, 0.25) is 0 Å². The van der Waals surface area contributed by atoms with Crippen LogP contribution in [0.4, 0.5) is 5.69 Å². The first-order valence-corrected chi connectivity index (χ1v) is 6.12. The van der Waals surface area contributed by atoms with Gasteiger partial charge >= 0.3 is 5.97 Å². The van der Waals surface area contributed by atoms with E-state index in [1.807, 2.05) is 24.3 Å². The number of hydrogen-bond donors (Lipinski definition) is 2. The van der Waals surface area contributed by atoms with E-state index in [0.717, 1.165) is 10.0 Å². The van der Waals surface area contributed by atoms with E-state index in [4.69, 9.17) is 5.11 Å². The highest BCUT2D eigenvalue weighted by Gasteiger charge is 2.08. The van der Waals surface area contributed by atoms with Gasteiger partial charge in [0.15, 0.2) is 0 Å². The number of carbonyl (C=O) groups is 1. The normalized spacial score (nSPS) is 10.1. The molecule has 18 heavy (non-hydrogen) atoms. The first-order valence-electron chi connectivity index (χ1n) is 5.32. The summed E-state index contributed by atoms with van der Waals surface area (Å²) in [6.07, 6.45) is 2.91. The molecule has 2 N–H and O–H groups in total. The Morgan fingerprint density at radius 2 is 2.00 bits per heavy atom. The number of benzene rings is 1. The molecule has 0 atom stereocenters. The highest BCUT2D eigenvalue weighted by molar-refractivity contribution is 9.10. The maximum atomic E-state index is 11.0. The van der Waals surface area contributed by atoms with Crippen LogP contribution < -0.4 is 5.32 Å². The van der Waals surface area contributed by atoms with E-state index >= 15 is 0 Å². The number of nitrogens with one attached hydrogen (secondary N) is 1. The lowest BCUT2D eigenvalue weighted by Gasteiger charge is -2.09. The molecular weight excluding hydrogens is 296 g/mol. The van der Waals surface area contributed by atoms with E-state index < -0.39 is 5.97 Å². The van der Waals surface area contributed by atoms with Gasteiger partial charge in [0.05, 0.1) is 5.69 Å². The van der Waals surface area contributed by atoms with Crippen LogP contribution in [-0.2, 0) is 6.54 Å². The van der Waals surface area contributed by atoms with Crippen molar-refractivity contribution in [2.45, 2.75) is 6.54 Å². The number of pyridine rings is 1. The zero-order valence-corrected chi connectivity index (χ0v) is 11.0. The highest BCUT2D eigenvalue weighted by Crippen LogP contribution is 2.16. The van der Waals surface area contributed by atoms with Crippen molar-refractivity contribution >= 4 is 27.6 Å². The first kappa shape index (κ1) is 12.6. The molecule has 4 nitrogen and oxygen atoms in total. The van der Waals surface area contributed by atoms with Crippen LogP contribution in [-0.4, -0.2) is 16.1 Å². The number of hydrogen-bond acceptors (Lipinski definition) is 3. The van der Waals surface area contributed by atoms with Gasteiger partial charge in [-0.1, -0.05) is 28.1 Å². The largest absolute Gasteiger partial charge is 0.478 e. The molecule has 0 saturated carbocycles. The molecule has 0 saturated heterocycles. The van der Waals surface area contributed by atoms with Gasteiger partial charge in [-0.25, -0.2) is 4.79 Å². The van der Waals surface area contributed by atoms with Crippen molar-refractivity contribution in [3.8, 4) is 0 Å². The predicted molar refractivity (Wildman–Crippen MR) is 72.7 cm³/mol. The van der Waals surface area contributed by atoms with Crippen LogP contribution in [0.3, 0.4) is 0 Å². The molecule has 2 aromatic rings. The Bertz CT molecular complexity index is 555. The molecule has 0 aliphatic carbocycles. The van der Waals surface area contributed by atoms with E-state index in [1.54, 1.807) is 12.3 Å². The zero-order valence-electron chi connectivity index (χ0n) is 9.43. The summed E-state index contributed by atoms with van der Waals surface area (Å²) in [4.78, 5) is 14.8. The predicted octanol–water partition coefficient (Wildman–Crippen LogP) is 3.15. The summed E-state index contributed by atoms with van der Waals surface area (Å²) in [5, 5.41) is 12.1. The number of nitrogens with zero attached hydrogens (tertiary/aromatic N) is 1. The molecule has 0 aliphatic heterocycles. The van der Waals surface area contributed by atoms with Crippen molar-refractivity contribution in [2.75, 3.05) is 5.32 Å². The summed E-state index contributed by atoms with van der Waals surface area (Å²) >= 11 is 3.37. The van der Waals surface area contributed by atoms with Crippen molar-refractivity contribution in [1.29, 1.82) is 0 Å². The topological polar surface area (TPSA) is 62.2 Å². The molecule has 0 fully saturated rings. The van der Waals surface area contributed by atoms with Gasteiger partial charge in [-0.15, -0.1) is 0 Å². The van der Waals surface area contributed by atoms with Gasteiger partial charge in [-0.3, -0.25) is 4.98 Å². The van der Waals surface area contributed by atoms with Crippen LogP contribution in [0.1, 0.15) is 15.9 Å².